The molecule has 0 saturated heterocycles. The van der Waals surface area contributed by atoms with Gasteiger partial charge in [0.2, 0.25) is 5.91 Å². The van der Waals surface area contributed by atoms with E-state index in [1.54, 1.807) is 11.9 Å². The fraction of sp³-hybridized carbons (Fsp3) is 0.583. The Kier molecular flexibility index (Phi) is 5.05. The molecule has 1 aromatic heterocycles. The largest absolute Gasteiger partial charge is 0.342 e. The van der Waals surface area contributed by atoms with E-state index < -0.39 is 11.2 Å². The number of rotatable bonds is 5. The minimum atomic E-state index is -0.511. The maximum absolute atomic E-state index is 12.0. The number of carbonyl (C=O) groups excluding carboxylic acids is 1. The Hall–Kier alpha value is -1.89. The van der Waals surface area contributed by atoms with E-state index in [0.29, 0.717) is 0 Å². The first-order valence-electron chi connectivity index (χ1n) is 6.14. The SMILES string of the molecule is CC(C)N(C)C(=O)Cn1ccc(=O)n(CCN)c1=O. The monoisotopic (exact) mass is 268 g/mol. The van der Waals surface area contributed by atoms with Gasteiger partial charge in [-0.15, -0.1) is 0 Å². The van der Waals surface area contributed by atoms with Crippen LogP contribution < -0.4 is 17.0 Å². The zero-order valence-corrected chi connectivity index (χ0v) is 11.5. The molecule has 19 heavy (non-hydrogen) atoms. The van der Waals surface area contributed by atoms with Crippen LogP contribution in [0, 0.1) is 0 Å². The molecule has 0 fully saturated rings. The number of carbonyl (C=O) groups is 1. The van der Waals surface area contributed by atoms with Gasteiger partial charge in [-0.2, -0.15) is 0 Å². The molecule has 106 valence electrons. The first-order chi connectivity index (χ1) is 8.88. The van der Waals surface area contributed by atoms with Crippen molar-refractivity contribution in [3.8, 4) is 0 Å². The lowest BCUT2D eigenvalue weighted by Crippen LogP contribution is -2.44. The van der Waals surface area contributed by atoms with E-state index in [2.05, 4.69) is 0 Å². The Labute approximate surface area is 111 Å². The van der Waals surface area contributed by atoms with Crippen LogP contribution in [0.1, 0.15) is 13.8 Å². The molecular weight excluding hydrogens is 248 g/mol. The van der Waals surface area contributed by atoms with Crippen molar-refractivity contribution in [2.24, 2.45) is 5.73 Å². The Morgan fingerprint density at radius 2 is 2.05 bits per heavy atom. The van der Waals surface area contributed by atoms with Crippen LogP contribution in [0.3, 0.4) is 0 Å². The smallest absolute Gasteiger partial charge is 0.331 e. The lowest BCUT2D eigenvalue weighted by molar-refractivity contribution is -0.132. The highest BCUT2D eigenvalue weighted by Crippen LogP contribution is 1.95. The quantitative estimate of drug-likeness (QED) is 0.729. The third-order valence-corrected chi connectivity index (χ3v) is 2.97. The van der Waals surface area contributed by atoms with Crippen LogP contribution in [0.5, 0.6) is 0 Å². The molecule has 0 radical (unpaired) electrons. The first-order valence-corrected chi connectivity index (χ1v) is 6.14. The van der Waals surface area contributed by atoms with Crippen molar-refractivity contribution >= 4 is 5.91 Å². The normalized spacial score (nSPS) is 10.8. The molecule has 1 aromatic rings. The number of amides is 1. The molecule has 0 aliphatic heterocycles. The van der Waals surface area contributed by atoms with Gasteiger partial charge in [-0.1, -0.05) is 0 Å². The highest BCUT2D eigenvalue weighted by Gasteiger charge is 2.14. The fourth-order valence-electron chi connectivity index (χ4n) is 1.56. The van der Waals surface area contributed by atoms with Crippen LogP contribution in [0.25, 0.3) is 0 Å². The summed E-state index contributed by atoms with van der Waals surface area (Å²) in [5.74, 6) is -0.185. The number of hydrogen-bond donors (Lipinski definition) is 1. The van der Waals surface area contributed by atoms with E-state index >= 15 is 0 Å². The zero-order valence-electron chi connectivity index (χ0n) is 11.5. The Balaban J connectivity index is 3.04. The fourth-order valence-corrected chi connectivity index (χ4v) is 1.56. The summed E-state index contributed by atoms with van der Waals surface area (Å²) in [6.07, 6.45) is 1.34. The summed E-state index contributed by atoms with van der Waals surface area (Å²) < 4.78 is 2.25. The molecular formula is C12H20N4O3. The lowest BCUT2D eigenvalue weighted by Gasteiger charge is -2.21. The molecule has 0 aromatic carbocycles. The Morgan fingerprint density at radius 3 is 2.58 bits per heavy atom. The van der Waals surface area contributed by atoms with Gasteiger partial charge < -0.3 is 10.6 Å². The van der Waals surface area contributed by atoms with Crippen LogP contribution in [0.4, 0.5) is 0 Å². The lowest BCUT2D eigenvalue weighted by atomic mass is 10.3. The van der Waals surface area contributed by atoms with E-state index in [1.807, 2.05) is 13.8 Å². The van der Waals surface area contributed by atoms with Gasteiger partial charge in [0, 0.05) is 38.4 Å². The predicted molar refractivity (Wildman–Crippen MR) is 71.9 cm³/mol. The summed E-state index contributed by atoms with van der Waals surface area (Å²) in [6, 6.07) is 1.32. The van der Waals surface area contributed by atoms with Gasteiger partial charge in [0.05, 0.1) is 0 Å². The van der Waals surface area contributed by atoms with Crippen molar-refractivity contribution in [1.29, 1.82) is 0 Å². The summed E-state index contributed by atoms with van der Waals surface area (Å²) in [4.78, 5) is 37.0. The summed E-state index contributed by atoms with van der Waals surface area (Å²) in [5.41, 5.74) is 4.44. The third kappa shape index (κ3) is 3.54. The number of nitrogens with two attached hydrogens (primary N) is 1. The van der Waals surface area contributed by atoms with Gasteiger partial charge in [-0.05, 0) is 13.8 Å². The molecule has 2 N–H and O–H groups in total. The molecule has 0 saturated carbocycles. The van der Waals surface area contributed by atoms with E-state index in [-0.39, 0.29) is 31.6 Å². The molecule has 7 nitrogen and oxygen atoms in total. The minimum Gasteiger partial charge on any atom is -0.342 e. The van der Waals surface area contributed by atoms with Gasteiger partial charge in [-0.25, -0.2) is 4.79 Å². The van der Waals surface area contributed by atoms with Gasteiger partial charge in [-0.3, -0.25) is 18.7 Å². The topological polar surface area (TPSA) is 90.3 Å². The van der Waals surface area contributed by atoms with Crippen LogP contribution in [0.15, 0.2) is 21.9 Å². The summed E-state index contributed by atoms with van der Waals surface area (Å²) in [7, 11) is 1.67. The molecule has 0 aliphatic rings. The van der Waals surface area contributed by atoms with Crippen LogP contribution >= 0.6 is 0 Å². The summed E-state index contributed by atoms with van der Waals surface area (Å²) in [5, 5.41) is 0. The van der Waals surface area contributed by atoms with Crippen molar-refractivity contribution in [2.45, 2.75) is 33.0 Å². The molecule has 1 heterocycles. The first kappa shape index (κ1) is 15.2. The number of hydrogen-bond acceptors (Lipinski definition) is 4. The van der Waals surface area contributed by atoms with Gasteiger partial charge in [0.15, 0.2) is 0 Å². The predicted octanol–water partition coefficient (Wildman–Crippen LogP) is -1.16. The Bertz CT molecular complexity index is 559. The maximum Gasteiger partial charge on any atom is 0.331 e. The Morgan fingerprint density at radius 1 is 1.42 bits per heavy atom. The standard InChI is InChI=1S/C12H20N4O3/c1-9(2)14(3)11(18)8-15-6-4-10(17)16(7-5-13)12(15)19/h4,6,9H,5,7-8,13H2,1-3H3. The molecule has 1 rings (SSSR count). The number of aromatic nitrogens is 2. The van der Waals surface area contributed by atoms with Crippen LogP contribution in [0.2, 0.25) is 0 Å². The van der Waals surface area contributed by atoms with E-state index in [1.165, 1.54) is 16.8 Å². The molecule has 7 heteroatoms. The van der Waals surface area contributed by atoms with Crippen LogP contribution in [-0.4, -0.2) is 39.6 Å². The maximum atomic E-state index is 12.0. The van der Waals surface area contributed by atoms with Gasteiger partial charge >= 0.3 is 5.69 Å². The second-order valence-electron chi connectivity index (χ2n) is 4.60. The van der Waals surface area contributed by atoms with Gasteiger partial charge in [0.25, 0.3) is 5.56 Å². The van der Waals surface area contributed by atoms with Crippen molar-refractivity contribution < 1.29 is 4.79 Å². The minimum absolute atomic E-state index is 0.0538. The molecule has 0 atom stereocenters. The van der Waals surface area contributed by atoms with E-state index in [4.69, 9.17) is 5.73 Å². The third-order valence-electron chi connectivity index (χ3n) is 2.97. The second kappa shape index (κ2) is 6.33. The zero-order chi connectivity index (χ0) is 14.6. The average Bonchev–Trinajstić information content (AvgIpc) is 2.36. The molecule has 1 amide bonds. The second-order valence-corrected chi connectivity index (χ2v) is 4.60. The number of likely N-dealkylation sites (N-methyl/N-ethyl adjacent to an activating group) is 1. The summed E-state index contributed by atoms with van der Waals surface area (Å²) >= 11 is 0. The van der Waals surface area contributed by atoms with E-state index in [0.717, 1.165) is 4.57 Å². The van der Waals surface area contributed by atoms with Crippen molar-refractivity contribution in [2.75, 3.05) is 13.6 Å². The van der Waals surface area contributed by atoms with Gasteiger partial charge in [0.1, 0.15) is 6.54 Å². The molecule has 0 spiro atoms. The molecule has 0 unspecified atom stereocenters. The highest BCUT2D eigenvalue weighted by atomic mass is 16.2. The van der Waals surface area contributed by atoms with Crippen molar-refractivity contribution in [1.82, 2.24) is 14.0 Å². The summed E-state index contributed by atoms with van der Waals surface area (Å²) in [6.45, 7) is 4.02. The van der Waals surface area contributed by atoms with Crippen molar-refractivity contribution in [3.63, 3.8) is 0 Å². The van der Waals surface area contributed by atoms with E-state index in [9.17, 15) is 14.4 Å². The molecule has 0 bridgehead atoms. The van der Waals surface area contributed by atoms with Crippen molar-refractivity contribution in [3.05, 3.63) is 33.1 Å². The average molecular weight is 268 g/mol. The highest BCUT2D eigenvalue weighted by molar-refractivity contribution is 5.75. The number of nitrogens with zero attached hydrogens (tertiary/aromatic N) is 3. The van der Waals surface area contributed by atoms with Crippen LogP contribution in [-0.2, 0) is 17.9 Å². The molecule has 0 aliphatic carbocycles.